The summed E-state index contributed by atoms with van der Waals surface area (Å²) < 4.78 is 5.48. The Morgan fingerprint density at radius 2 is 1.91 bits per heavy atom. The molecule has 0 spiro atoms. The maximum Gasteiger partial charge on any atom is 0.225 e. The molecule has 0 bridgehead atoms. The van der Waals surface area contributed by atoms with Crippen LogP contribution >= 0.6 is 0 Å². The van der Waals surface area contributed by atoms with Gasteiger partial charge in [0.25, 0.3) is 0 Å². The predicted octanol–water partition coefficient (Wildman–Crippen LogP) is 2.88. The highest BCUT2D eigenvalue weighted by Crippen LogP contribution is 2.32. The molecule has 0 atom stereocenters. The molecule has 4 rings (SSSR count). The first-order valence-electron chi connectivity index (χ1n) is 8.55. The molecule has 1 aliphatic carbocycles. The van der Waals surface area contributed by atoms with E-state index in [9.17, 15) is 4.79 Å². The number of rotatable bonds is 3. The number of amides is 1. The zero-order valence-electron chi connectivity index (χ0n) is 13.3. The van der Waals surface area contributed by atoms with Crippen LogP contribution in [-0.2, 0) is 9.53 Å². The van der Waals surface area contributed by atoms with Gasteiger partial charge in [0.05, 0.1) is 6.54 Å². The van der Waals surface area contributed by atoms with Crippen LogP contribution in [0.1, 0.15) is 36.8 Å². The lowest BCUT2D eigenvalue weighted by atomic mass is 10.00. The fourth-order valence-corrected chi connectivity index (χ4v) is 3.21. The van der Waals surface area contributed by atoms with Crippen molar-refractivity contribution in [2.24, 2.45) is 10.9 Å². The fraction of sp³-hybridized carbons (Fsp3) is 0.474. The van der Waals surface area contributed by atoms with Gasteiger partial charge in [-0.3, -0.25) is 4.79 Å². The van der Waals surface area contributed by atoms with E-state index < -0.39 is 0 Å². The van der Waals surface area contributed by atoms with Crippen molar-refractivity contribution in [2.75, 3.05) is 26.2 Å². The van der Waals surface area contributed by atoms with Gasteiger partial charge < -0.3 is 9.64 Å². The Morgan fingerprint density at radius 1 is 1.17 bits per heavy atom. The molecule has 0 radical (unpaired) electrons. The minimum atomic E-state index is 0.341. The number of likely N-dealkylation sites (tertiary alicyclic amines) is 1. The molecule has 2 heterocycles. The smallest absolute Gasteiger partial charge is 0.225 e. The third-order valence-electron chi connectivity index (χ3n) is 4.76. The number of piperidine rings is 1. The first-order chi connectivity index (χ1) is 11.3. The lowest BCUT2D eigenvalue weighted by Gasteiger charge is -2.28. The molecule has 1 saturated heterocycles. The molecule has 2 aliphatic heterocycles. The summed E-state index contributed by atoms with van der Waals surface area (Å²) in [4.78, 5) is 18.5. The molecule has 1 aromatic carbocycles. The van der Waals surface area contributed by atoms with Crippen LogP contribution in [0.4, 0.5) is 0 Å². The summed E-state index contributed by atoms with van der Waals surface area (Å²) in [6.07, 6.45) is 6.45. The predicted molar refractivity (Wildman–Crippen MR) is 90.3 cm³/mol. The van der Waals surface area contributed by atoms with E-state index in [-0.39, 0.29) is 0 Å². The molecular formula is C19H22N2O2. The molecule has 23 heavy (non-hydrogen) atoms. The number of aliphatic imine (C=N–C) groups is 1. The van der Waals surface area contributed by atoms with Crippen molar-refractivity contribution in [1.29, 1.82) is 0 Å². The van der Waals surface area contributed by atoms with Crippen molar-refractivity contribution < 1.29 is 9.53 Å². The first kappa shape index (κ1) is 14.5. The van der Waals surface area contributed by atoms with Crippen LogP contribution in [0.15, 0.2) is 34.8 Å². The number of nitrogens with zero attached hydrogens (tertiary/aromatic N) is 2. The Labute approximate surface area is 136 Å². The van der Waals surface area contributed by atoms with Gasteiger partial charge in [-0.05, 0) is 43.4 Å². The number of carbonyl (C=O) groups excluding carboxylic acids is 1. The number of hydrogen-bond donors (Lipinski definition) is 0. The van der Waals surface area contributed by atoms with Gasteiger partial charge in [0.1, 0.15) is 6.61 Å². The summed E-state index contributed by atoms with van der Waals surface area (Å²) in [5.41, 5.74) is 3.70. The Bertz CT molecular complexity index is 646. The Balaban J connectivity index is 1.37. The van der Waals surface area contributed by atoms with Crippen molar-refractivity contribution in [3.63, 3.8) is 0 Å². The fourth-order valence-electron chi connectivity index (χ4n) is 3.21. The van der Waals surface area contributed by atoms with Crippen LogP contribution in [0, 0.1) is 5.92 Å². The molecule has 120 valence electrons. The molecule has 3 aliphatic rings. The standard InChI is InChI=1S/C19H22N2O2/c22-19(17-5-6-17)21-10-7-15(8-11-21)13-14-1-3-16(4-2-14)18-20-9-12-23-18/h1-4,13,17H,5-12H2. The molecule has 4 nitrogen and oxygen atoms in total. The van der Waals surface area contributed by atoms with Crippen LogP contribution < -0.4 is 0 Å². The van der Waals surface area contributed by atoms with E-state index in [0.29, 0.717) is 18.4 Å². The van der Waals surface area contributed by atoms with Gasteiger partial charge >= 0.3 is 0 Å². The van der Waals surface area contributed by atoms with Gasteiger partial charge in [-0.2, -0.15) is 0 Å². The second kappa shape index (κ2) is 6.19. The summed E-state index contributed by atoms with van der Waals surface area (Å²) in [6.45, 7) is 3.21. The quantitative estimate of drug-likeness (QED) is 0.861. The number of benzene rings is 1. The number of hydrogen-bond acceptors (Lipinski definition) is 3. The highest BCUT2D eigenvalue weighted by Gasteiger charge is 2.34. The van der Waals surface area contributed by atoms with Gasteiger partial charge in [0.15, 0.2) is 0 Å². The summed E-state index contributed by atoms with van der Waals surface area (Å²) in [6, 6.07) is 8.38. The lowest BCUT2D eigenvalue weighted by molar-refractivity contribution is -0.132. The maximum absolute atomic E-state index is 12.1. The molecule has 2 fully saturated rings. The van der Waals surface area contributed by atoms with Crippen LogP contribution in [0.3, 0.4) is 0 Å². The van der Waals surface area contributed by atoms with Crippen LogP contribution in [0.2, 0.25) is 0 Å². The molecule has 1 aromatic rings. The van der Waals surface area contributed by atoms with E-state index in [0.717, 1.165) is 56.8 Å². The molecule has 0 unspecified atom stereocenters. The van der Waals surface area contributed by atoms with Crippen molar-refractivity contribution in [3.8, 4) is 0 Å². The zero-order chi connectivity index (χ0) is 15.6. The van der Waals surface area contributed by atoms with Gasteiger partial charge in [-0.15, -0.1) is 0 Å². The summed E-state index contributed by atoms with van der Waals surface area (Å²) in [5, 5.41) is 0. The van der Waals surface area contributed by atoms with E-state index in [1.54, 1.807) is 0 Å². The normalized spacial score (nSPS) is 21.0. The lowest BCUT2D eigenvalue weighted by Crippen LogP contribution is -2.37. The van der Waals surface area contributed by atoms with Crippen molar-refractivity contribution in [2.45, 2.75) is 25.7 Å². The molecule has 1 amide bonds. The minimum Gasteiger partial charge on any atom is -0.476 e. The van der Waals surface area contributed by atoms with Gasteiger partial charge in [0.2, 0.25) is 11.8 Å². The Kier molecular flexibility index (Phi) is 3.90. The summed E-state index contributed by atoms with van der Waals surface area (Å²) in [7, 11) is 0. The minimum absolute atomic E-state index is 0.341. The number of ether oxygens (including phenoxy) is 1. The van der Waals surface area contributed by atoms with Gasteiger partial charge in [-0.1, -0.05) is 23.8 Å². The Morgan fingerprint density at radius 3 is 2.52 bits per heavy atom. The first-order valence-corrected chi connectivity index (χ1v) is 8.55. The van der Waals surface area contributed by atoms with Crippen molar-refractivity contribution in [3.05, 3.63) is 41.0 Å². The maximum atomic E-state index is 12.1. The SMILES string of the molecule is O=C(C1CC1)N1CCC(=Cc2ccc(C3=NCCO3)cc2)CC1. The van der Waals surface area contributed by atoms with E-state index in [2.05, 4.69) is 35.3 Å². The summed E-state index contributed by atoms with van der Waals surface area (Å²) >= 11 is 0. The third kappa shape index (κ3) is 3.31. The second-order valence-electron chi connectivity index (χ2n) is 6.56. The van der Waals surface area contributed by atoms with Crippen molar-refractivity contribution in [1.82, 2.24) is 4.90 Å². The average Bonchev–Trinajstić information content (AvgIpc) is 3.30. The number of carbonyl (C=O) groups is 1. The molecule has 1 saturated carbocycles. The third-order valence-corrected chi connectivity index (χ3v) is 4.76. The van der Waals surface area contributed by atoms with Gasteiger partial charge in [0, 0.05) is 24.6 Å². The van der Waals surface area contributed by atoms with E-state index in [1.807, 2.05) is 4.90 Å². The highest BCUT2D eigenvalue weighted by atomic mass is 16.5. The Hall–Kier alpha value is -2.10. The highest BCUT2D eigenvalue weighted by molar-refractivity contribution is 5.95. The van der Waals surface area contributed by atoms with Crippen LogP contribution in [0.5, 0.6) is 0 Å². The monoisotopic (exact) mass is 310 g/mol. The molecule has 0 aromatic heterocycles. The molecule has 0 N–H and O–H groups in total. The van der Waals surface area contributed by atoms with E-state index >= 15 is 0 Å². The zero-order valence-corrected chi connectivity index (χ0v) is 13.3. The van der Waals surface area contributed by atoms with E-state index in [4.69, 9.17) is 4.74 Å². The average molecular weight is 310 g/mol. The molecular weight excluding hydrogens is 288 g/mol. The largest absolute Gasteiger partial charge is 0.476 e. The topological polar surface area (TPSA) is 41.9 Å². The van der Waals surface area contributed by atoms with Crippen LogP contribution in [0.25, 0.3) is 6.08 Å². The molecule has 4 heteroatoms. The van der Waals surface area contributed by atoms with Crippen molar-refractivity contribution >= 4 is 17.9 Å². The van der Waals surface area contributed by atoms with Gasteiger partial charge in [-0.25, -0.2) is 4.99 Å². The summed E-state index contributed by atoms with van der Waals surface area (Å²) in [5.74, 6) is 1.48. The second-order valence-corrected chi connectivity index (χ2v) is 6.56. The van der Waals surface area contributed by atoms with Crippen LogP contribution in [-0.4, -0.2) is 42.9 Å². The van der Waals surface area contributed by atoms with E-state index in [1.165, 1.54) is 11.1 Å².